The highest BCUT2D eigenvalue weighted by Gasteiger charge is 2.45. The number of ether oxygens (including phenoxy) is 1. The Labute approximate surface area is 157 Å². The first kappa shape index (κ1) is 18.2. The molecule has 4 rings (SSSR count). The summed E-state index contributed by atoms with van der Waals surface area (Å²) in [5.74, 6) is -0.255. The first-order valence-electron chi connectivity index (χ1n) is 8.36. The number of aliphatic hydroxyl groups is 3. The minimum Gasteiger partial charge on any atom is -0.394 e. The molecule has 0 spiro atoms. The Morgan fingerprint density at radius 3 is 2.61 bits per heavy atom. The van der Waals surface area contributed by atoms with E-state index in [-0.39, 0.29) is 23.1 Å². The smallest absolute Gasteiger partial charge is 0.280 e. The summed E-state index contributed by atoms with van der Waals surface area (Å²) in [5, 5.41) is 37.9. The summed E-state index contributed by atoms with van der Waals surface area (Å²) in [6.45, 7) is -0.516. The van der Waals surface area contributed by atoms with Crippen LogP contribution in [0.4, 0.5) is 17.6 Å². The molecule has 3 heterocycles. The van der Waals surface area contributed by atoms with Gasteiger partial charge in [0.15, 0.2) is 17.4 Å². The van der Waals surface area contributed by atoms with Crippen LogP contribution in [-0.4, -0.2) is 59.8 Å². The molecule has 28 heavy (non-hydrogen) atoms. The molecule has 0 amide bonds. The fourth-order valence-electron chi connectivity index (χ4n) is 2.98. The number of hydrogen-bond donors (Lipinski definition) is 5. The molecule has 0 bridgehead atoms. The van der Waals surface area contributed by atoms with Gasteiger partial charge in [-0.3, -0.25) is 14.3 Å². The van der Waals surface area contributed by atoms with Crippen molar-refractivity contribution in [3.63, 3.8) is 0 Å². The molecular formula is C16H17N7O5. The number of nitrogens with zero attached hydrogens (tertiary/aromatic N) is 5. The molecule has 1 saturated heterocycles. The molecular weight excluding hydrogens is 370 g/mol. The van der Waals surface area contributed by atoms with Gasteiger partial charge in [0.25, 0.3) is 11.5 Å². The van der Waals surface area contributed by atoms with E-state index in [1.807, 2.05) is 6.07 Å². The summed E-state index contributed by atoms with van der Waals surface area (Å²) in [4.78, 5) is 22.7. The number of benzene rings is 1. The average molecular weight is 387 g/mol. The van der Waals surface area contributed by atoms with Gasteiger partial charge >= 0.3 is 0 Å². The third-order valence-electron chi connectivity index (χ3n) is 4.33. The van der Waals surface area contributed by atoms with E-state index in [1.165, 1.54) is 4.57 Å². The summed E-state index contributed by atoms with van der Waals surface area (Å²) in [6, 6.07) is 8.80. The number of aromatic nitrogens is 4. The number of imidazole rings is 1. The van der Waals surface area contributed by atoms with Crippen molar-refractivity contribution in [1.29, 1.82) is 0 Å². The van der Waals surface area contributed by atoms with Gasteiger partial charge in [0.05, 0.1) is 12.3 Å². The molecule has 146 valence electrons. The summed E-state index contributed by atoms with van der Waals surface area (Å²) >= 11 is 0. The van der Waals surface area contributed by atoms with Crippen LogP contribution in [0.5, 0.6) is 0 Å². The Bertz CT molecular complexity index is 1080. The van der Waals surface area contributed by atoms with Crippen LogP contribution >= 0.6 is 0 Å². The van der Waals surface area contributed by atoms with Crippen LogP contribution in [0.15, 0.2) is 45.4 Å². The minimum absolute atomic E-state index is 0.00176. The maximum Gasteiger partial charge on any atom is 0.280 e. The fourth-order valence-corrected chi connectivity index (χ4v) is 2.98. The van der Waals surface area contributed by atoms with Crippen LogP contribution in [-0.2, 0) is 4.74 Å². The Hall–Kier alpha value is -3.19. The zero-order valence-electron chi connectivity index (χ0n) is 14.4. The Morgan fingerprint density at radius 1 is 1.18 bits per heavy atom. The van der Waals surface area contributed by atoms with Crippen LogP contribution in [0.1, 0.15) is 6.23 Å². The summed E-state index contributed by atoms with van der Waals surface area (Å²) in [7, 11) is 0. The van der Waals surface area contributed by atoms with Gasteiger partial charge in [-0.05, 0) is 12.1 Å². The van der Waals surface area contributed by atoms with Crippen molar-refractivity contribution >= 4 is 28.7 Å². The molecule has 4 atom stereocenters. The Morgan fingerprint density at radius 2 is 1.93 bits per heavy atom. The number of aliphatic hydroxyl groups excluding tert-OH is 3. The van der Waals surface area contributed by atoms with Crippen LogP contribution in [0, 0.1) is 0 Å². The van der Waals surface area contributed by atoms with Crippen LogP contribution in [0.2, 0.25) is 0 Å². The zero-order chi connectivity index (χ0) is 19.8. The van der Waals surface area contributed by atoms with Crippen molar-refractivity contribution in [3.8, 4) is 0 Å². The van der Waals surface area contributed by atoms with Gasteiger partial charge in [-0.2, -0.15) is 4.98 Å². The highest BCUT2D eigenvalue weighted by Crippen LogP contribution is 2.35. The molecule has 2 aromatic heterocycles. The number of fused-ring (bicyclic) bond motifs is 1. The van der Waals surface area contributed by atoms with Crippen molar-refractivity contribution in [2.75, 3.05) is 12.3 Å². The fraction of sp³-hybridized carbons (Fsp3) is 0.312. The topological polar surface area (TPSA) is 184 Å². The van der Waals surface area contributed by atoms with Gasteiger partial charge in [-0.15, -0.1) is 10.2 Å². The molecule has 1 aliphatic heterocycles. The number of aromatic amines is 1. The van der Waals surface area contributed by atoms with Crippen molar-refractivity contribution in [2.45, 2.75) is 24.5 Å². The molecule has 0 aliphatic carbocycles. The van der Waals surface area contributed by atoms with E-state index >= 15 is 0 Å². The molecule has 1 unspecified atom stereocenters. The lowest BCUT2D eigenvalue weighted by molar-refractivity contribution is -0.0503. The van der Waals surface area contributed by atoms with Gasteiger partial charge in [0.1, 0.15) is 18.3 Å². The first-order chi connectivity index (χ1) is 13.5. The van der Waals surface area contributed by atoms with Crippen molar-refractivity contribution in [3.05, 3.63) is 40.7 Å². The molecule has 6 N–H and O–H groups in total. The molecule has 1 aromatic carbocycles. The van der Waals surface area contributed by atoms with E-state index in [2.05, 4.69) is 25.2 Å². The predicted octanol–water partition coefficient (Wildman–Crippen LogP) is -0.271. The van der Waals surface area contributed by atoms with Gasteiger partial charge in [-0.25, -0.2) is 4.98 Å². The van der Waals surface area contributed by atoms with Gasteiger partial charge in [-0.1, -0.05) is 18.2 Å². The normalized spacial score (nSPS) is 25.1. The van der Waals surface area contributed by atoms with Crippen molar-refractivity contribution in [1.82, 2.24) is 19.5 Å². The predicted molar refractivity (Wildman–Crippen MR) is 96.2 cm³/mol. The average Bonchev–Trinajstić information content (AvgIpc) is 3.18. The quantitative estimate of drug-likeness (QED) is 0.379. The van der Waals surface area contributed by atoms with E-state index in [9.17, 15) is 20.1 Å². The molecule has 3 aromatic rings. The van der Waals surface area contributed by atoms with Gasteiger partial charge < -0.3 is 25.8 Å². The Balaban J connectivity index is 1.87. The van der Waals surface area contributed by atoms with Crippen LogP contribution in [0.3, 0.4) is 0 Å². The van der Waals surface area contributed by atoms with E-state index in [4.69, 9.17) is 10.5 Å². The minimum atomic E-state index is -1.43. The number of hydrogen-bond acceptors (Lipinski definition) is 10. The number of anilines is 1. The Kier molecular flexibility index (Phi) is 4.60. The van der Waals surface area contributed by atoms with E-state index in [0.717, 1.165) is 0 Å². The number of nitrogens with two attached hydrogens (primary N) is 1. The highest BCUT2D eigenvalue weighted by molar-refractivity contribution is 5.74. The summed E-state index contributed by atoms with van der Waals surface area (Å²) in [6.07, 6.45) is -5.03. The zero-order valence-corrected chi connectivity index (χ0v) is 14.4. The number of azo groups is 1. The lowest BCUT2D eigenvalue weighted by atomic mass is 10.1. The summed E-state index contributed by atoms with van der Waals surface area (Å²) in [5.41, 5.74) is 5.46. The maximum atomic E-state index is 12.2. The lowest BCUT2D eigenvalue weighted by Crippen LogP contribution is -2.33. The molecule has 1 aliphatic rings. The monoisotopic (exact) mass is 387 g/mol. The van der Waals surface area contributed by atoms with E-state index in [1.54, 1.807) is 24.3 Å². The largest absolute Gasteiger partial charge is 0.394 e. The molecule has 1 fully saturated rings. The number of nitrogen functional groups attached to an aromatic ring is 1. The van der Waals surface area contributed by atoms with E-state index in [0.29, 0.717) is 5.69 Å². The highest BCUT2D eigenvalue weighted by atomic mass is 16.6. The molecule has 0 radical (unpaired) electrons. The molecule has 12 heteroatoms. The van der Waals surface area contributed by atoms with Crippen LogP contribution in [0.25, 0.3) is 11.2 Å². The molecule has 0 saturated carbocycles. The van der Waals surface area contributed by atoms with Crippen LogP contribution < -0.4 is 11.3 Å². The maximum absolute atomic E-state index is 12.2. The second-order valence-electron chi connectivity index (χ2n) is 6.17. The van der Waals surface area contributed by atoms with Crippen molar-refractivity contribution in [2.24, 2.45) is 10.2 Å². The summed E-state index contributed by atoms with van der Waals surface area (Å²) < 4.78 is 6.76. The van der Waals surface area contributed by atoms with Gasteiger partial charge in [0, 0.05) is 0 Å². The molecule has 12 nitrogen and oxygen atoms in total. The van der Waals surface area contributed by atoms with E-state index < -0.39 is 36.7 Å². The standard InChI is InChI=1S/C16H17N7O5/c17-15-19-12-9(13(27)20-15)18-16(22-21-7-4-2-1-3-5-7)23(12)14-11(26)10(25)8(6-24)28-14/h1-5,8,10-11,14,24-26H,6H2,(H3,17,19,20,27)/b22-21-/t8-,10?,11+,14-/m1/s1. The third-order valence-corrected chi connectivity index (χ3v) is 4.33. The third kappa shape index (κ3) is 3.03. The number of nitrogens with one attached hydrogen (secondary N) is 1. The second-order valence-corrected chi connectivity index (χ2v) is 6.17. The van der Waals surface area contributed by atoms with Gasteiger partial charge in [0.2, 0.25) is 5.95 Å². The van der Waals surface area contributed by atoms with Crippen molar-refractivity contribution < 1.29 is 20.1 Å². The number of rotatable bonds is 4. The second kappa shape index (κ2) is 7.09. The SMILES string of the molecule is Nc1nc2c(nc(/N=N\c3ccccc3)n2[C@@H]2O[C@H](CO)C(O)[C@@H]2O)c(=O)[nH]1. The first-order valence-corrected chi connectivity index (χ1v) is 8.36. The lowest BCUT2D eigenvalue weighted by Gasteiger charge is -2.17. The number of H-pyrrole nitrogens is 1.